The molecule has 0 amide bonds. The van der Waals surface area contributed by atoms with Gasteiger partial charge in [-0.2, -0.15) is 0 Å². The van der Waals surface area contributed by atoms with Crippen LogP contribution in [0.1, 0.15) is 46.0 Å². The first kappa shape index (κ1) is 12.1. The van der Waals surface area contributed by atoms with Gasteiger partial charge in [-0.15, -0.1) is 0 Å². The Morgan fingerprint density at radius 1 is 1.35 bits per heavy atom. The van der Waals surface area contributed by atoms with Crippen molar-refractivity contribution in [1.29, 1.82) is 0 Å². The maximum atomic E-state index is 6.36. The molecule has 1 unspecified atom stereocenters. The summed E-state index contributed by atoms with van der Waals surface area (Å²) < 4.78 is 2.25. The van der Waals surface area contributed by atoms with Gasteiger partial charge >= 0.3 is 0 Å². The van der Waals surface area contributed by atoms with Crippen LogP contribution in [0.3, 0.4) is 0 Å². The molecule has 3 nitrogen and oxygen atoms in total. The molecule has 1 aromatic carbocycles. The van der Waals surface area contributed by atoms with E-state index >= 15 is 0 Å². The van der Waals surface area contributed by atoms with Crippen molar-refractivity contribution in [3.63, 3.8) is 0 Å². The van der Waals surface area contributed by atoms with E-state index in [1.165, 1.54) is 5.52 Å². The highest BCUT2D eigenvalue weighted by Crippen LogP contribution is 2.28. The van der Waals surface area contributed by atoms with Gasteiger partial charge in [-0.05, 0) is 39.3 Å². The summed E-state index contributed by atoms with van der Waals surface area (Å²) >= 11 is 0. The van der Waals surface area contributed by atoms with E-state index in [9.17, 15) is 0 Å². The van der Waals surface area contributed by atoms with Crippen LogP contribution in [0.4, 0.5) is 0 Å². The highest BCUT2D eigenvalue weighted by molar-refractivity contribution is 5.76. The van der Waals surface area contributed by atoms with Crippen LogP contribution in [0.2, 0.25) is 0 Å². The van der Waals surface area contributed by atoms with Gasteiger partial charge in [0.1, 0.15) is 5.82 Å². The highest BCUT2D eigenvalue weighted by Gasteiger charge is 2.27. The lowest BCUT2D eigenvalue weighted by Crippen LogP contribution is -2.35. The third-order valence-corrected chi connectivity index (χ3v) is 3.36. The van der Waals surface area contributed by atoms with Crippen molar-refractivity contribution >= 4 is 11.0 Å². The van der Waals surface area contributed by atoms with Gasteiger partial charge in [0.2, 0.25) is 0 Å². The van der Waals surface area contributed by atoms with Crippen LogP contribution in [0, 0.1) is 0 Å². The van der Waals surface area contributed by atoms with Gasteiger partial charge in [0.25, 0.3) is 0 Å². The third kappa shape index (κ3) is 1.95. The minimum atomic E-state index is -0.372. The van der Waals surface area contributed by atoms with Gasteiger partial charge < -0.3 is 10.3 Å². The second-order valence-corrected chi connectivity index (χ2v) is 5.16. The van der Waals surface area contributed by atoms with Gasteiger partial charge in [-0.3, -0.25) is 0 Å². The van der Waals surface area contributed by atoms with E-state index < -0.39 is 0 Å². The van der Waals surface area contributed by atoms with Crippen molar-refractivity contribution in [2.24, 2.45) is 5.73 Å². The summed E-state index contributed by atoms with van der Waals surface area (Å²) in [6.07, 6.45) is 0.878. The van der Waals surface area contributed by atoms with Crippen LogP contribution in [-0.2, 0) is 5.54 Å². The third-order valence-electron chi connectivity index (χ3n) is 3.36. The molecule has 2 N–H and O–H groups in total. The predicted octanol–water partition coefficient (Wildman–Crippen LogP) is 3.20. The second kappa shape index (κ2) is 4.15. The maximum Gasteiger partial charge on any atom is 0.129 e. The van der Waals surface area contributed by atoms with Crippen LogP contribution in [0.5, 0.6) is 0 Å². The fourth-order valence-corrected chi connectivity index (χ4v) is 2.13. The highest BCUT2D eigenvalue weighted by atomic mass is 15.1. The van der Waals surface area contributed by atoms with Crippen LogP contribution in [0.15, 0.2) is 24.3 Å². The minimum absolute atomic E-state index is 0.367. The molecule has 1 heterocycles. The average molecular weight is 231 g/mol. The molecule has 0 aliphatic carbocycles. The Bertz CT molecular complexity index is 523. The van der Waals surface area contributed by atoms with Gasteiger partial charge in [0.05, 0.1) is 16.6 Å². The van der Waals surface area contributed by atoms with E-state index in [0.717, 1.165) is 17.8 Å². The fourth-order valence-electron chi connectivity index (χ4n) is 2.13. The molecule has 1 atom stereocenters. The number of nitrogens with zero attached hydrogens (tertiary/aromatic N) is 2. The van der Waals surface area contributed by atoms with Crippen molar-refractivity contribution in [3.05, 3.63) is 30.1 Å². The first-order valence-electron chi connectivity index (χ1n) is 6.23. The summed E-state index contributed by atoms with van der Waals surface area (Å²) in [7, 11) is 0. The lowest BCUT2D eigenvalue weighted by Gasteiger charge is -2.25. The fraction of sp³-hybridized carbons (Fsp3) is 0.500. The number of benzene rings is 1. The first-order chi connectivity index (χ1) is 7.97. The van der Waals surface area contributed by atoms with Crippen LogP contribution >= 0.6 is 0 Å². The quantitative estimate of drug-likeness (QED) is 0.881. The predicted molar refractivity (Wildman–Crippen MR) is 71.9 cm³/mol. The smallest absolute Gasteiger partial charge is 0.129 e. The first-order valence-corrected chi connectivity index (χ1v) is 6.23. The normalized spacial score (nSPS) is 15.4. The zero-order chi connectivity index (χ0) is 12.6. The number of hydrogen-bond donors (Lipinski definition) is 1. The van der Waals surface area contributed by atoms with E-state index in [1.54, 1.807) is 0 Å². The number of rotatable bonds is 3. The van der Waals surface area contributed by atoms with Crippen molar-refractivity contribution in [2.45, 2.75) is 45.7 Å². The Hall–Kier alpha value is -1.35. The van der Waals surface area contributed by atoms with Crippen molar-refractivity contribution in [3.8, 4) is 0 Å². The number of fused-ring (bicyclic) bond motifs is 1. The largest absolute Gasteiger partial charge is 0.324 e. The zero-order valence-electron chi connectivity index (χ0n) is 11.1. The van der Waals surface area contributed by atoms with E-state index in [2.05, 4.69) is 31.4 Å². The van der Waals surface area contributed by atoms with Crippen molar-refractivity contribution in [2.75, 3.05) is 0 Å². The Morgan fingerprint density at radius 2 is 2.00 bits per heavy atom. The van der Waals surface area contributed by atoms with Gasteiger partial charge in [-0.1, -0.05) is 19.1 Å². The summed E-state index contributed by atoms with van der Waals surface area (Å²) in [5, 5.41) is 0. The molecule has 0 saturated carbocycles. The van der Waals surface area contributed by atoms with Crippen LogP contribution < -0.4 is 5.73 Å². The molecule has 0 bridgehead atoms. The van der Waals surface area contributed by atoms with Gasteiger partial charge in [-0.25, -0.2) is 4.98 Å². The molecular weight excluding hydrogens is 210 g/mol. The molecule has 92 valence electrons. The number of aromatic nitrogens is 2. The molecule has 2 rings (SSSR count). The molecular formula is C14H21N3. The Balaban J connectivity index is 2.75. The molecule has 3 heteroatoms. The SMILES string of the molecule is CCC(C)(N)c1nc2ccccc2n1C(C)C. The van der Waals surface area contributed by atoms with Crippen molar-refractivity contribution < 1.29 is 0 Å². The Morgan fingerprint density at radius 3 is 2.59 bits per heavy atom. The van der Waals surface area contributed by atoms with Crippen LogP contribution in [-0.4, -0.2) is 9.55 Å². The topological polar surface area (TPSA) is 43.8 Å². The standard InChI is InChI=1S/C14H21N3/c1-5-14(4,15)13-16-11-8-6-7-9-12(11)17(13)10(2)3/h6-10H,5,15H2,1-4H3. The Kier molecular flexibility index (Phi) is 2.96. The monoisotopic (exact) mass is 231 g/mol. The molecule has 0 saturated heterocycles. The van der Waals surface area contributed by atoms with E-state index in [4.69, 9.17) is 10.7 Å². The summed E-state index contributed by atoms with van der Waals surface area (Å²) in [5.41, 5.74) is 8.18. The number of para-hydroxylation sites is 2. The molecule has 0 radical (unpaired) electrons. The zero-order valence-corrected chi connectivity index (χ0v) is 11.1. The number of nitrogens with two attached hydrogens (primary N) is 1. The molecule has 0 aliphatic rings. The Labute approximate surface area is 103 Å². The molecule has 17 heavy (non-hydrogen) atoms. The maximum absolute atomic E-state index is 6.36. The van der Waals surface area contributed by atoms with Crippen molar-refractivity contribution in [1.82, 2.24) is 9.55 Å². The van der Waals surface area contributed by atoms with Gasteiger partial charge in [0.15, 0.2) is 0 Å². The van der Waals surface area contributed by atoms with E-state index in [0.29, 0.717) is 6.04 Å². The summed E-state index contributed by atoms with van der Waals surface area (Å²) in [6.45, 7) is 8.49. The molecule has 0 spiro atoms. The molecule has 2 aromatic rings. The second-order valence-electron chi connectivity index (χ2n) is 5.16. The van der Waals surface area contributed by atoms with Crippen LogP contribution in [0.25, 0.3) is 11.0 Å². The number of hydrogen-bond acceptors (Lipinski definition) is 2. The lowest BCUT2D eigenvalue weighted by molar-refractivity contribution is 0.409. The molecule has 1 aromatic heterocycles. The molecule has 0 aliphatic heterocycles. The van der Waals surface area contributed by atoms with E-state index in [1.807, 2.05) is 25.1 Å². The number of imidazole rings is 1. The summed E-state index contributed by atoms with van der Waals surface area (Å²) in [4.78, 5) is 4.71. The average Bonchev–Trinajstić information content (AvgIpc) is 2.68. The van der Waals surface area contributed by atoms with Gasteiger partial charge in [0, 0.05) is 6.04 Å². The minimum Gasteiger partial charge on any atom is -0.324 e. The molecule has 0 fully saturated rings. The summed E-state index contributed by atoms with van der Waals surface area (Å²) in [6, 6.07) is 8.59. The summed E-state index contributed by atoms with van der Waals surface area (Å²) in [5.74, 6) is 0.983. The van der Waals surface area contributed by atoms with E-state index in [-0.39, 0.29) is 5.54 Å². The lowest BCUT2D eigenvalue weighted by atomic mass is 9.99.